The van der Waals surface area contributed by atoms with Crippen LogP contribution < -0.4 is 15.7 Å². The Morgan fingerprint density at radius 1 is 1.07 bits per heavy atom. The molecule has 12 heteroatoms. The third-order valence-electron chi connectivity index (χ3n) is 8.22. The predicted molar refractivity (Wildman–Crippen MR) is 142 cm³/mol. The van der Waals surface area contributed by atoms with E-state index in [1.54, 1.807) is 13.0 Å². The number of aromatic hydroxyl groups is 2. The van der Waals surface area contributed by atoms with Crippen LogP contribution in [0.25, 0.3) is 32.9 Å². The largest absolute Gasteiger partial charge is 0.506 e. The highest BCUT2D eigenvalue weighted by Crippen LogP contribution is 2.57. The number of pyridine rings is 1. The zero-order valence-electron chi connectivity index (χ0n) is 21.6. The van der Waals surface area contributed by atoms with Crippen LogP contribution in [-0.2, 0) is 20.6 Å². The van der Waals surface area contributed by atoms with Gasteiger partial charge in [0, 0.05) is 54.8 Å². The van der Waals surface area contributed by atoms with Gasteiger partial charge < -0.3 is 43.7 Å². The summed E-state index contributed by atoms with van der Waals surface area (Å²) in [6.45, 7) is 1.49. The van der Waals surface area contributed by atoms with Gasteiger partial charge in [0.1, 0.15) is 28.7 Å². The number of halogens is 1. The molecule has 7 rings (SSSR count). The second-order valence-electron chi connectivity index (χ2n) is 10.3. The van der Waals surface area contributed by atoms with Crippen molar-refractivity contribution in [3.63, 3.8) is 0 Å². The molecule has 208 valence electrons. The summed E-state index contributed by atoms with van der Waals surface area (Å²) in [5.74, 6) is -0.626. The third kappa shape index (κ3) is 3.15. The molecule has 0 saturated heterocycles. The highest BCUT2D eigenvalue weighted by molar-refractivity contribution is 6.36. The van der Waals surface area contributed by atoms with E-state index in [1.807, 2.05) is 0 Å². The highest BCUT2D eigenvalue weighted by atomic mass is 35.5. The van der Waals surface area contributed by atoms with Gasteiger partial charge in [-0.15, -0.1) is 0 Å². The number of hydrogen-bond acceptors (Lipinski definition) is 10. The molecule has 0 unspecified atom stereocenters. The van der Waals surface area contributed by atoms with Crippen molar-refractivity contribution < 1.29 is 38.7 Å². The van der Waals surface area contributed by atoms with Gasteiger partial charge in [-0.1, -0.05) is 11.6 Å². The number of aromatic amines is 1. The molecular weight excluding hydrogens is 546 g/mol. The molecule has 11 nitrogen and oxygen atoms in total. The fourth-order valence-corrected chi connectivity index (χ4v) is 6.63. The van der Waals surface area contributed by atoms with E-state index < -0.39 is 46.9 Å². The summed E-state index contributed by atoms with van der Waals surface area (Å²) in [5, 5.41) is 34.3. The number of aromatic nitrogens is 1. The van der Waals surface area contributed by atoms with Crippen LogP contribution in [0.2, 0.25) is 5.02 Å². The summed E-state index contributed by atoms with van der Waals surface area (Å²) in [7, 11) is 2.80. The number of benzene rings is 2. The molecule has 1 aliphatic heterocycles. The minimum Gasteiger partial charge on any atom is -0.506 e. The van der Waals surface area contributed by atoms with Crippen molar-refractivity contribution in [1.29, 1.82) is 0 Å². The lowest BCUT2D eigenvalue weighted by atomic mass is 9.79. The summed E-state index contributed by atoms with van der Waals surface area (Å²) in [5.41, 5.74) is 0.568. The summed E-state index contributed by atoms with van der Waals surface area (Å²) in [6.07, 6.45) is -3.08. The van der Waals surface area contributed by atoms with Crippen molar-refractivity contribution in [1.82, 2.24) is 4.98 Å². The molecule has 4 aromatic rings. The van der Waals surface area contributed by atoms with Crippen LogP contribution in [0.3, 0.4) is 0 Å². The van der Waals surface area contributed by atoms with Gasteiger partial charge in [0.2, 0.25) is 5.43 Å². The molecule has 0 spiro atoms. The molecule has 4 N–H and O–H groups in total. The van der Waals surface area contributed by atoms with Crippen molar-refractivity contribution in [3.05, 3.63) is 59.8 Å². The van der Waals surface area contributed by atoms with Gasteiger partial charge in [-0.05, 0) is 18.6 Å². The fraction of sp³-hybridized carbons (Fsp3) is 0.357. The molecular formula is C28H24ClNO10. The van der Waals surface area contributed by atoms with E-state index in [0.717, 1.165) is 0 Å². The summed E-state index contributed by atoms with van der Waals surface area (Å²) >= 11 is 6.50. The highest BCUT2D eigenvalue weighted by Gasteiger charge is 2.43. The average molecular weight is 570 g/mol. The maximum absolute atomic E-state index is 14.1. The number of aliphatic hydroxyl groups excluding tert-OH is 1. The van der Waals surface area contributed by atoms with Gasteiger partial charge in [-0.2, -0.15) is 0 Å². The second kappa shape index (κ2) is 8.69. The first-order chi connectivity index (χ1) is 19.2. The monoisotopic (exact) mass is 569 g/mol. The number of hydrogen-bond donors (Lipinski definition) is 4. The maximum Gasteiger partial charge on any atom is 0.259 e. The van der Waals surface area contributed by atoms with E-state index in [-0.39, 0.29) is 69.2 Å². The number of fused-ring (bicyclic) bond motifs is 6. The number of nitrogens with one attached hydrogen (secondary N) is 1. The molecule has 0 bridgehead atoms. The van der Waals surface area contributed by atoms with Crippen LogP contribution in [0.4, 0.5) is 0 Å². The smallest absolute Gasteiger partial charge is 0.259 e. The van der Waals surface area contributed by atoms with Crippen molar-refractivity contribution in [2.24, 2.45) is 0 Å². The first-order valence-electron chi connectivity index (χ1n) is 12.6. The van der Waals surface area contributed by atoms with E-state index in [9.17, 15) is 24.9 Å². The minimum atomic E-state index is -1.01. The normalized spacial score (nSPS) is 23.0. The first-order valence-corrected chi connectivity index (χ1v) is 13.0. The Balaban J connectivity index is 1.64. The molecule has 2 aromatic heterocycles. The SMILES string of the molecule is CO[C@@H]1C[C@H](O)[C@@H](OC)c2oc3c4c5c(c(O)c3c(=O)c21)-c1c(cc2c(Cl)c(C)[nH]c(=O)c2c1O)C[C@@H]5OCO4. The molecule has 40 heavy (non-hydrogen) atoms. The number of phenols is 2. The number of phenolic OH excluding ortho intramolecular Hbond substituents is 2. The van der Waals surface area contributed by atoms with E-state index in [4.69, 9.17) is 35.0 Å². The summed E-state index contributed by atoms with van der Waals surface area (Å²) in [4.78, 5) is 29.6. The van der Waals surface area contributed by atoms with Crippen molar-refractivity contribution in [2.75, 3.05) is 21.0 Å². The molecule has 3 aliphatic rings. The molecule has 0 radical (unpaired) electrons. The van der Waals surface area contributed by atoms with E-state index in [0.29, 0.717) is 22.2 Å². The Morgan fingerprint density at radius 3 is 2.55 bits per heavy atom. The van der Waals surface area contributed by atoms with Crippen molar-refractivity contribution in [3.8, 4) is 28.4 Å². The molecule has 0 saturated carbocycles. The number of ether oxygens (including phenoxy) is 4. The van der Waals surface area contributed by atoms with Crippen LogP contribution in [0.5, 0.6) is 17.2 Å². The summed E-state index contributed by atoms with van der Waals surface area (Å²) in [6, 6.07) is 1.70. The Hall–Kier alpha value is -3.61. The Labute approximate surface area is 230 Å². The summed E-state index contributed by atoms with van der Waals surface area (Å²) < 4.78 is 28.9. The minimum absolute atomic E-state index is 0.0421. The van der Waals surface area contributed by atoms with Gasteiger partial charge in [0.25, 0.3) is 5.56 Å². The number of aryl methyl sites for hydroxylation is 1. The lowest BCUT2D eigenvalue weighted by molar-refractivity contribution is -0.0709. The second-order valence-corrected chi connectivity index (χ2v) is 10.6. The van der Waals surface area contributed by atoms with Crippen molar-refractivity contribution >= 4 is 33.3 Å². The molecule has 2 aromatic carbocycles. The standard InChI is InChI=1S/C28H24ClNO10/c1-8-20(29)10-4-9-5-13-16-18(14(9)21(32)15(10)28(35)30-8)23(34)19-22(33)17-12(36-2)6-11(31)24(37-3)26(17)40-27(19)25(16)39-7-38-13/h4,11-13,24,31-32,34H,5-7H2,1-3H3,(H,30,35)/t11-,12+,13-,24+/m0/s1. The molecule has 0 fully saturated rings. The van der Waals surface area contributed by atoms with Gasteiger partial charge >= 0.3 is 0 Å². The van der Waals surface area contributed by atoms with Crippen LogP contribution in [0.1, 0.15) is 52.9 Å². The topological polar surface area (TPSA) is 161 Å². The van der Waals surface area contributed by atoms with Gasteiger partial charge in [0.15, 0.2) is 18.1 Å². The zero-order valence-corrected chi connectivity index (χ0v) is 22.3. The van der Waals surface area contributed by atoms with Crippen LogP contribution >= 0.6 is 11.6 Å². The molecule has 3 heterocycles. The fourth-order valence-electron chi connectivity index (χ4n) is 6.44. The third-order valence-corrected chi connectivity index (χ3v) is 8.71. The molecule has 4 atom stereocenters. The van der Waals surface area contributed by atoms with Gasteiger partial charge in [-0.3, -0.25) is 9.59 Å². The lowest BCUT2D eigenvalue weighted by Crippen LogP contribution is -2.34. The Morgan fingerprint density at radius 2 is 1.82 bits per heavy atom. The number of methoxy groups -OCH3 is 2. The number of aliphatic hydroxyl groups is 1. The zero-order chi connectivity index (χ0) is 28.2. The van der Waals surface area contributed by atoms with Crippen LogP contribution in [-0.4, -0.2) is 47.4 Å². The van der Waals surface area contributed by atoms with Gasteiger partial charge in [0.05, 0.1) is 34.3 Å². The molecule has 2 aliphatic carbocycles. The number of H-pyrrole nitrogens is 1. The quantitative estimate of drug-likeness (QED) is 0.279. The van der Waals surface area contributed by atoms with Gasteiger partial charge in [-0.25, -0.2) is 0 Å². The van der Waals surface area contributed by atoms with E-state index in [1.165, 1.54) is 14.2 Å². The van der Waals surface area contributed by atoms with E-state index in [2.05, 4.69) is 4.98 Å². The number of rotatable bonds is 2. The average Bonchev–Trinajstić information content (AvgIpc) is 2.92. The Bertz CT molecular complexity index is 1890. The lowest BCUT2D eigenvalue weighted by Gasteiger charge is -2.36. The predicted octanol–water partition coefficient (Wildman–Crippen LogP) is 3.78. The maximum atomic E-state index is 14.1. The van der Waals surface area contributed by atoms with Crippen LogP contribution in [0.15, 0.2) is 20.1 Å². The Kier molecular flexibility index (Phi) is 5.51. The molecule has 0 amide bonds. The van der Waals surface area contributed by atoms with Crippen LogP contribution in [0, 0.1) is 6.92 Å². The van der Waals surface area contributed by atoms with E-state index >= 15 is 0 Å². The van der Waals surface area contributed by atoms with Crippen molar-refractivity contribution in [2.45, 2.75) is 44.2 Å². The first kappa shape index (κ1) is 25.4.